The fraction of sp³-hybridized carbons (Fsp3) is 0. The van der Waals surface area contributed by atoms with Crippen molar-refractivity contribution in [2.75, 3.05) is 0 Å². The van der Waals surface area contributed by atoms with E-state index in [1.165, 1.54) is 43.8 Å². The molecule has 0 spiro atoms. The number of hydrogen-bond donors (Lipinski definition) is 0. The fourth-order valence-electron chi connectivity index (χ4n) is 3.95. The maximum absolute atomic E-state index is 2.25. The summed E-state index contributed by atoms with van der Waals surface area (Å²) in [5.74, 6) is 0. The van der Waals surface area contributed by atoms with E-state index in [0.29, 0.717) is 0 Å². The van der Waals surface area contributed by atoms with Gasteiger partial charge in [0, 0.05) is 0 Å². The Morgan fingerprint density at radius 2 is 0.593 bits per heavy atom. The van der Waals surface area contributed by atoms with Gasteiger partial charge in [-0.15, -0.1) is 12.4 Å². The third-order valence-electron chi connectivity index (χ3n) is 5.06. The van der Waals surface area contributed by atoms with E-state index in [1.807, 2.05) is 0 Å². The lowest BCUT2D eigenvalue weighted by molar-refractivity contribution is 1.63. The van der Waals surface area contributed by atoms with Gasteiger partial charge in [-0.3, -0.25) is 0 Å². The van der Waals surface area contributed by atoms with Crippen LogP contribution in [0.4, 0.5) is 0 Å². The van der Waals surface area contributed by atoms with Crippen LogP contribution in [0.1, 0.15) is 0 Å². The van der Waals surface area contributed by atoms with E-state index >= 15 is 0 Å². The zero-order valence-electron chi connectivity index (χ0n) is 14.8. The summed E-state index contributed by atoms with van der Waals surface area (Å²) in [7, 11) is 0. The predicted molar refractivity (Wildman–Crippen MR) is 120 cm³/mol. The molecule has 0 saturated carbocycles. The minimum Gasteiger partial charge on any atom is -0.147 e. The van der Waals surface area contributed by atoms with Gasteiger partial charge in [0.1, 0.15) is 0 Å². The fourth-order valence-corrected chi connectivity index (χ4v) is 3.95. The molecule has 130 valence electrons. The molecular weight excluding hydrogens is 348 g/mol. The van der Waals surface area contributed by atoms with Crippen LogP contribution >= 0.6 is 12.4 Å². The smallest absolute Gasteiger partial charge is 0.00204 e. The second-order valence-electron chi connectivity index (χ2n) is 6.57. The number of rotatable bonds is 2. The van der Waals surface area contributed by atoms with Crippen LogP contribution in [0, 0.1) is 0 Å². The molecule has 0 aliphatic carbocycles. The summed E-state index contributed by atoms with van der Waals surface area (Å²) < 4.78 is 0. The first-order valence-corrected chi connectivity index (χ1v) is 8.98. The van der Waals surface area contributed by atoms with Gasteiger partial charge < -0.3 is 0 Å². The Morgan fingerprint density at radius 3 is 0.963 bits per heavy atom. The molecule has 0 amide bonds. The minimum absolute atomic E-state index is 0. The lowest BCUT2D eigenvalue weighted by atomic mass is 9.85. The summed E-state index contributed by atoms with van der Waals surface area (Å²) in [5.41, 5.74) is 5.14. The van der Waals surface area contributed by atoms with Crippen molar-refractivity contribution in [2.24, 2.45) is 0 Å². The van der Waals surface area contributed by atoms with Crippen molar-refractivity contribution in [2.45, 2.75) is 0 Å². The van der Waals surface area contributed by atoms with Crippen LogP contribution in [0.25, 0.3) is 43.8 Å². The molecule has 5 rings (SSSR count). The Kier molecular flexibility index (Phi) is 4.66. The number of benzene rings is 5. The molecule has 0 aliphatic rings. The maximum Gasteiger partial charge on any atom is -0.00204 e. The van der Waals surface area contributed by atoms with Crippen molar-refractivity contribution in [3.05, 3.63) is 109 Å². The van der Waals surface area contributed by atoms with Crippen LogP contribution < -0.4 is 0 Å². The highest BCUT2D eigenvalue weighted by molar-refractivity contribution is 6.21. The number of halogens is 1. The van der Waals surface area contributed by atoms with Crippen molar-refractivity contribution in [3.8, 4) is 22.3 Å². The molecule has 5 aromatic rings. The molecule has 0 unspecified atom stereocenters. The van der Waals surface area contributed by atoms with Crippen molar-refractivity contribution >= 4 is 34.0 Å². The molecule has 0 aromatic heterocycles. The Bertz CT molecular complexity index is 1110. The van der Waals surface area contributed by atoms with Gasteiger partial charge in [-0.05, 0) is 43.8 Å². The molecule has 1 heteroatoms. The molecule has 0 aliphatic heterocycles. The Morgan fingerprint density at radius 1 is 0.296 bits per heavy atom. The topological polar surface area (TPSA) is 0 Å². The lowest BCUT2D eigenvalue weighted by Gasteiger charge is -2.18. The highest BCUT2D eigenvalue weighted by Gasteiger charge is 2.16. The van der Waals surface area contributed by atoms with E-state index in [0.717, 1.165) is 0 Å². The summed E-state index contributed by atoms with van der Waals surface area (Å²) in [4.78, 5) is 0. The van der Waals surface area contributed by atoms with Crippen molar-refractivity contribution in [3.63, 3.8) is 0 Å². The lowest BCUT2D eigenvalue weighted by Crippen LogP contribution is -1.91. The molecule has 27 heavy (non-hydrogen) atoms. The summed E-state index contributed by atoms with van der Waals surface area (Å²) in [6, 6.07) is 39.0. The zero-order valence-corrected chi connectivity index (χ0v) is 15.6. The quantitative estimate of drug-likeness (QED) is 0.280. The minimum atomic E-state index is 0. The zero-order chi connectivity index (χ0) is 17.3. The van der Waals surface area contributed by atoms with Crippen LogP contribution in [0.15, 0.2) is 109 Å². The van der Waals surface area contributed by atoms with Crippen molar-refractivity contribution in [1.29, 1.82) is 0 Å². The highest BCUT2D eigenvalue weighted by Crippen LogP contribution is 2.44. The van der Waals surface area contributed by atoms with Gasteiger partial charge in [-0.1, -0.05) is 109 Å². The third-order valence-corrected chi connectivity index (χ3v) is 5.06. The molecular formula is C26H19Cl. The Hall–Kier alpha value is -3.09. The number of fused-ring (bicyclic) bond motifs is 3. The van der Waals surface area contributed by atoms with Crippen LogP contribution in [0.3, 0.4) is 0 Å². The highest BCUT2D eigenvalue weighted by atomic mass is 35.5. The molecule has 0 atom stereocenters. The van der Waals surface area contributed by atoms with Gasteiger partial charge >= 0.3 is 0 Å². The molecule has 0 radical (unpaired) electrons. The van der Waals surface area contributed by atoms with Gasteiger partial charge in [-0.2, -0.15) is 0 Å². The van der Waals surface area contributed by atoms with E-state index in [4.69, 9.17) is 0 Å². The summed E-state index contributed by atoms with van der Waals surface area (Å²) in [6.07, 6.45) is 0. The second-order valence-corrected chi connectivity index (χ2v) is 6.57. The first-order chi connectivity index (χ1) is 12.9. The van der Waals surface area contributed by atoms with Gasteiger partial charge in [0.05, 0.1) is 0 Å². The van der Waals surface area contributed by atoms with Gasteiger partial charge in [0.2, 0.25) is 0 Å². The molecule has 0 fully saturated rings. The molecule has 0 heterocycles. The third kappa shape index (κ3) is 2.89. The average Bonchev–Trinajstić information content (AvgIpc) is 2.74. The molecule has 5 aromatic carbocycles. The second kappa shape index (κ2) is 7.26. The van der Waals surface area contributed by atoms with Crippen LogP contribution in [0.2, 0.25) is 0 Å². The van der Waals surface area contributed by atoms with E-state index in [9.17, 15) is 0 Å². The molecule has 0 nitrogen and oxygen atoms in total. The van der Waals surface area contributed by atoms with Gasteiger partial charge in [0.15, 0.2) is 0 Å². The first kappa shape index (κ1) is 17.3. The average molecular weight is 367 g/mol. The van der Waals surface area contributed by atoms with Crippen molar-refractivity contribution < 1.29 is 0 Å². The standard InChI is InChI=1S/C26H18.ClH/c1-3-11-19(12-4-1)25-23-17-9-7-15-21(23)22-16-8-10-18-24(22)26(25)20-13-5-2-6-14-20;/h1-18H;1H. The van der Waals surface area contributed by atoms with E-state index < -0.39 is 0 Å². The normalized spacial score (nSPS) is 10.7. The van der Waals surface area contributed by atoms with Gasteiger partial charge in [0.25, 0.3) is 0 Å². The summed E-state index contributed by atoms with van der Waals surface area (Å²) in [5, 5.41) is 5.22. The first-order valence-electron chi connectivity index (χ1n) is 8.98. The molecule has 0 N–H and O–H groups in total. The summed E-state index contributed by atoms with van der Waals surface area (Å²) >= 11 is 0. The molecule has 0 bridgehead atoms. The Balaban J connectivity index is 0.00000180. The SMILES string of the molecule is Cl.c1ccc(-c2c(-c3ccccc3)c3ccccc3c3ccccc23)cc1. The summed E-state index contributed by atoms with van der Waals surface area (Å²) in [6.45, 7) is 0. The predicted octanol–water partition coefficient (Wildman–Crippen LogP) is 7.75. The number of hydrogen-bond acceptors (Lipinski definition) is 0. The van der Waals surface area contributed by atoms with Crippen LogP contribution in [-0.2, 0) is 0 Å². The van der Waals surface area contributed by atoms with Crippen LogP contribution in [-0.4, -0.2) is 0 Å². The molecule has 0 saturated heterocycles. The van der Waals surface area contributed by atoms with E-state index in [-0.39, 0.29) is 12.4 Å². The monoisotopic (exact) mass is 366 g/mol. The Labute approximate surface area is 165 Å². The largest absolute Gasteiger partial charge is 0.147 e. The van der Waals surface area contributed by atoms with Gasteiger partial charge in [-0.25, -0.2) is 0 Å². The van der Waals surface area contributed by atoms with E-state index in [2.05, 4.69) is 109 Å². The maximum atomic E-state index is 2.25. The van der Waals surface area contributed by atoms with Crippen LogP contribution in [0.5, 0.6) is 0 Å². The van der Waals surface area contributed by atoms with Crippen molar-refractivity contribution in [1.82, 2.24) is 0 Å². The van der Waals surface area contributed by atoms with E-state index in [1.54, 1.807) is 0 Å².